The van der Waals surface area contributed by atoms with Crippen LogP contribution in [0.4, 0.5) is 0 Å². The third-order valence-electron chi connectivity index (χ3n) is 12.5. The first-order valence-corrected chi connectivity index (χ1v) is 25.5. The maximum Gasteiger partial charge on any atom is 0.326 e. The Labute approximate surface area is 411 Å². The summed E-state index contributed by atoms with van der Waals surface area (Å²) in [6, 6.07) is 25.2. The number of carboxylic acid groups (broad SMARTS) is 1. The zero-order valence-corrected chi connectivity index (χ0v) is 42.5. The van der Waals surface area contributed by atoms with Gasteiger partial charge in [0.05, 0.1) is 18.1 Å². The van der Waals surface area contributed by atoms with E-state index in [-0.39, 0.29) is 30.8 Å². The molecule has 0 radical (unpaired) electrons. The molecule has 0 aliphatic rings. The average Bonchev–Trinajstić information content (AvgIpc) is 3.31. The lowest BCUT2D eigenvalue weighted by Crippen LogP contribution is -2.53. The lowest BCUT2D eigenvalue weighted by molar-refractivity contribution is -0.144. The molecule has 0 aliphatic heterocycles. The van der Waals surface area contributed by atoms with Crippen molar-refractivity contribution in [2.24, 2.45) is 11.8 Å². The van der Waals surface area contributed by atoms with Crippen molar-refractivity contribution in [3.8, 4) is 0 Å². The van der Waals surface area contributed by atoms with Gasteiger partial charge in [0.2, 0.25) is 17.7 Å². The van der Waals surface area contributed by atoms with Gasteiger partial charge in [-0.05, 0) is 63.6 Å². The summed E-state index contributed by atoms with van der Waals surface area (Å²) in [4.78, 5) is 94.6. The zero-order valence-electron chi connectivity index (χ0n) is 42.5. The van der Waals surface area contributed by atoms with E-state index in [0.29, 0.717) is 32.1 Å². The van der Waals surface area contributed by atoms with Gasteiger partial charge in [0, 0.05) is 43.9 Å². The topological polar surface area (TPSA) is 185 Å². The van der Waals surface area contributed by atoms with Gasteiger partial charge in [0.25, 0.3) is 0 Å². The number of unbranched alkanes of at least 4 members (excludes halogenated alkanes) is 8. The van der Waals surface area contributed by atoms with Crippen LogP contribution < -0.4 is 16.0 Å². The van der Waals surface area contributed by atoms with E-state index in [0.717, 1.165) is 48.8 Å². The molecule has 12 nitrogen and oxygen atoms in total. The molecule has 0 aromatic heterocycles. The Morgan fingerprint density at radius 2 is 1.04 bits per heavy atom. The Bertz CT molecular complexity index is 1950. The quantitative estimate of drug-likeness (QED) is 0.0334. The molecule has 3 rings (SSSR count). The summed E-state index contributed by atoms with van der Waals surface area (Å²) in [5, 5.41) is 18.8. The molecule has 378 valence electrons. The highest BCUT2D eigenvalue weighted by Gasteiger charge is 2.40. The predicted molar refractivity (Wildman–Crippen MR) is 271 cm³/mol. The lowest BCUT2D eigenvalue weighted by atomic mass is 9.77. The number of Topliss-reactive ketones (excluding diaryl/α,β-unsaturated/α-hetero) is 3. The Morgan fingerprint density at radius 1 is 0.565 bits per heavy atom. The van der Waals surface area contributed by atoms with Crippen molar-refractivity contribution < 1.29 is 43.4 Å². The van der Waals surface area contributed by atoms with Gasteiger partial charge >= 0.3 is 5.97 Å². The molecule has 0 fully saturated rings. The molecule has 1 unspecified atom stereocenters. The van der Waals surface area contributed by atoms with E-state index >= 15 is 0 Å². The van der Waals surface area contributed by atoms with Gasteiger partial charge in [-0.1, -0.05) is 170 Å². The van der Waals surface area contributed by atoms with Crippen molar-refractivity contribution in [2.75, 3.05) is 0 Å². The van der Waals surface area contributed by atoms with Crippen LogP contribution in [0, 0.1) is 11.8 Å². The molecular formula is C57H81N3O9. The summed E-state index contributed by atoms with van der Waals surface area (Å²) >= 11 is 0. The lowest BCUT2D eigenvalue weighted by Gasteiger charge is -2.37. The smallest absolute Gasteiger partial charge is 0.326 e. The van der Waals surface area contributed by atoms with Crippen molar-refractivity contribution in [1.82, 2.24) is 16.0 Å². The third kappa shape index (κ3) is 20.2. The molecule has 4 N–H and O–H groups in total. The fraction of sp³-hybridized carbons (Fsp3) is 0.561. The number of carboxylic acids is 1. The average molecular weight is 952 g/mol. The number of benzene rings is 3. The fourth-order valence-electron chi connectivity index (χ4n) is 8.85. The standard InChI is InChI=1S/C57H81N3O9/c1-8-10-12-13-14-15-26-35-47(61)36-27-37-48(62)39-43(28-19-11-9-2)54(66)59-52(42(4)69-56(5,6)7)50(63)38-41(3)53(65)58-49(55(67)68)40-51(64)60-57(44-29-20-16-21-30-44,45-31-22-17-23-32-45)46-33-24-18-25-34-46/h16-18,20-25,29-34,41-43,49,52H,8-15,19,26-28,35-40H2,1-7H3,(H,58,65)(H,59,66)(H,60,64)(H,67,68)/t41-,42?,43-,49+,52+/m1/s1. The summed E-state index contributed by atoms with van der Waals surface area (Å²) < 4.78 is 6.17. The van der Waals surface area contributed by atoms with E-state index in [1.807, 2.05) is 119 Å². The van der Waals surface area contributed by atoms with Crippen LogP contribution in [0.5, 0.6) is 0 Å². The van der Waals surface area contributed by atoms with E-state index < -0.39 is 77.1 Å². The Hall–Kier alpha value is -5.49. The number of carbonyl (C=O) groups excluding carboxylic acids is 6. The molecule has 0 spiro atoms. The summed E-state index contributed by atoms with van der Waals surface area (Å²) in [5.74, 6) is -5.54. The zero-order chi connectivity index (χ0) is 50.8. The molecule has 0 saturated heterocycles. The fourth-order valence-corrected chi connectivity index (χ4v) is 8.85. The highest BCUT2D eigenvalue weighted by atomic mass is 16.5. The first kappa shape index (κ1) is 57.8. The Kier molecular flexibility index (Phi) is 25.3. The highest BCUT2D eigenvalue weighted by Crippen LogP contribution is 2.37. The second kappa shape index (κ2) is 30.2. The molecule has 0 aliphatic carbocycles. The number of ether oxygens (including phenoxy) is 1. The molecule has 5 atom stereocenters. The minimum absolute atomic E-state index is 0.0248. The molecule has 0 bridgehead atoms. The third-order valence-corrected chi connectivity index (χ3v) is 12.5. The molecule has 3 amide bonds. The van der Waals surface area contributed by atoms with Gasteiger partial charge in [0.1, 0.15) is 29.2 Å². The highest BCUT2D eigenvalue weighted by molar-refractivity contribution is 5.95. The number of hydrogen-bond donors (Lipinski definition) is 4. The largest absolute Gasteiger partial charge is 0.480 e. The second-order valence-electron chi connectivity index (χ2n) is 19.7. The van der Waals surface area contributed by atoms with Crippen LogP contribution in [-0.4, -0.2) is 69.9 Å². The second-order valence-corrected chi connectivity index (χ2v) is 19.7. The number of nitrogens with one attached hydrogen (secondary N) is 3. The number of carbonyl (C=O) groups is 7. The number of rotatable bonds is 34. The first-order chi connectivity index (χ1) is 32.9. The monoisotopic (exact) mass is 952 g/mol. The number of ketones is 3. The SMILES string of the molecule is CCCCCCCCCC(=O)CCCC(=O)C[C@@H](CCCCC)C(=O)N[C@H](C(=O)C[C@@H](C)C(=O)N[C@@H](CC(=O)NC(c1ccccc1)(c1ccccc1)c1ccccc1)C(=O)O)C(C)OC(C)(C)C. The van der Waals surface area contributed by atoms with E-state index in [2.05, 4.69) is 22.9 Å². The first-order valence-electron chi connectivity index (χ1n) is 25.5. The van der Waals surface area contributed by atoms with Crippen LogP contribution >= 0.6 is 0 Å². The van der Waals surface area contributed by atoms with Crippen LogP contribution in [-0.2, 0) is 43.8 Å². The van der Waals surface area contributed by atoms with Gasteiger partial charge in [-0.15, -0.1) is 0 Å². The van der Waals surface area contributed by atoms with Crippen LogP contribution in [0.3, 0.4) is 0 Å². The minimum Gasteiger partial charge on any atom is -0.480 e. The Morgan fingerprint density at radius 3 is 1.55 bits per heavy atom. The van der Waals surface area contributed by atoms with Crippen LogP contribution in [0.25, 0.3) is 0 Å². The molecule has 69 heavy (non-hydrogen) atoms. The minimum atomic E-state index is -1.64. The van der Waals surface area contributed by atoms with Crippen molar-refractivity contribution in [1.29, 1.82) is 0 Å². The molecule has 3 aromatic carbocycles. The van der Waals surface area contributed by atoms with Crippen LogP contribution in [0.1, 0.15) is 181 Å². The van der Waals surface area contributed by atoms with Crippen LogP contribution in [0.2, 0.25) is 0 Å². The summed E-state index contributed by atoms with van der Waals surface area (Å²) in [6.07, 6.45) is 10.4. The van der Waals surface area contributed by atoms with E-state index in [4.69, 9.17) is 4.74 Å². The van der Waals surface area contributed by atoms with Crippen molar-refractivity contribution in [3.05, 3.63) is 108 Å². The van der Waals surface area contributed by atoms with Gasteiger partial charge < -0.3 is 25.8 Å². The number of amides is 3. The van der Waals surface area contributed by atoms with E-state index in [9.17, 15) is 38.7 Å². The number of aliphatic carboxylic acids is 1. The van der Waals surface area contributed by atoms with Gasteiger partial charge in [-0.25, -0.2) is 4.79 Å². The Balaban J connectivity index is 1.72. The van der Waals surface area contributed by atoms with E-state index in [1.54, 1.807) is 6.92 Å². The van der Waals surface area contributed by atoms with Gasteiger partial charge in [-0.2, -0.15) is 0 Å². The maximum absolute atomic E-state index is 14.2. The van der Waals surface area contributed by atoms with Crippen molar-refractivity contribution in [2.45, 2.75) is 193 Å². The molecule has 0 saturated carbocycles. The van der Waals surface area contributed by atoms with Crippen LogP contribution in [0.15, 0.2) is 91.0 Å². The predicted octanol–water partition coefficient (Wildman–Crippen LogP) is 10.4. The van der Waals surface area contributed by atoms with E-state index in [1.165, 1.54) is 32.6 Å². The number of hydrogen-bond acceptors (Lipinski definition) is 8. The molecular weight excluding hydrogens is 871 g/mol. The van der Waals surface area contributed by atoms with Gasteiger partial charge in [-0.3, -0.25) is 28.8 Å². The summed E-state index contributed by atoms with van der Waals surface area (Å²) in [7, 11) is 0. The summed E-state index contributed by atoms with van der Waals surface area (Å²) in [5.41, 5.74) is 0.292. The van der Waals surface area contributed by atoms with Crippen molar-refractivity contribution >= 4 is 41.0 Å². The molecule has 0 heterocycles. The maximum atomic E-state index is 14.2. The van der Waals surface area contributed by atoms with Crippen molar-refractivity contribution in [3.63, 3.8) is 0 Å². The molecule has 12 heteroatoms. The molecule has 3 aromatic rings. The van der Waals surface area contributed by atoms with Gasteiger partial charge in [0.15, 0.2) is 5.78 Å². The normalized spacial score (nSPS) is 13.8. The summed E-state index contributed by atoms with van der Waals surface area (Å²) in [6.45, 7) is 12.8.